The van der Waals surface area contributed by atoms with Crippen molar-refractivity contribution < 1.29 is 13.9 Å². The predicted octanol–water partition coefficient (Wildman–Crippen LogP) is 5.61. The van der Waals surface area contributed by atoms with Crippen LogP contribution in [0.15, 0.2) is 40.9 Å². The van der Waals surface area contributed by atoms with Crippen LogP contribution >= 0.6 is 15.9 Å². The number of halogens is 2. The molecule has 1 aliphatic carbocycles. The van der Waals surface area contributed by atoms with E-state index >= 15 is 0 Å². The van der Waals surface area contributed by atoms with Gasteiger partial charge in [0.1, 0.15) is 11.6 Å². The van der Waals surface area contributed by atoms with Gasteiger partial charge in [0.15, 0.2) is 5.96 Å². The lowest BCUT2D eigenvalue weighted by Gasteiger charge is -2.21. The van der Waals surface area contributed by atoms with Gasteiger partial charge in [0, 0.05) is 22.1 Å². The zero-order valence-electron chi connectivity index (χ0n) is 18.5. The third-order valence-corrected chi connectivity index (χ3v) is 6.56. The summed E-state index contributed by atoms with van der Waals surface area (Å²) in [6, 6.07) is 10.2. The highest BCUT2D eigenvalue weighted by Crippen LogP contribution is 2.26. The number of aryl methyl sites for hydroxylation is 1. The molecule has 0 bridgehead atoms. The predicted molar refractivity (Wildman–Crippen MR) is 129 cm³/mol. The van der Waals surface area contributed by atoms with Gasteiger partial charge in [-0.3, -0.25) is 15.5 Å². The number of ether oxygens (including phenoxy) is 1. The SMILES string of the molecule is COc1ccc(Br)cc1CCc1c(F)cccc1C(=O)NC(=N)NCCC1CCCCC1. The van der Waals surface area contributed by atoms with Crippen molar-refractivity contribution in [1.29, 1.82) is 5.41 Å². The molecule has 32 heavy (non-hydrogen) atoms. The normalized spacial score (nSPS) is 14.1. The van der Waals surface area contributed by atoms with Gasteiger partial charge in [0.25, 0.3) is 5.91 Å². The van der Waals surface area contributed by atoms with E-state index in [9.17, 15) is 9.18 Å². The Balaban J connectivity index is 1.60. The molecule has 0 aromatic heterocycles. The summed E-state index contributed by atoms with van der Waals surface area (Å²) in [7, 11) is 1.60. The molecule has 0 aliphatic heterocycles. The molecule has 1 amide bonds. The van der Waals surface area contributed by atoms with Crippen LogP contribution in [0.2, 0.25) is 0 Å². The summed E-state index contributed by atoms with van der Waals surface area (Å²) >= 11 is 3.45. The minimum atomic E-state index is -0.476. The highest BCUT2D eigenvalue weighted by Gasteiger charge is 2.18. The van der Waals surface area contributed by atoms with Crippen molar-refractivity contribution >= 4 is 27.8 Å². The lowest BCUT2D eigenvalue weighted by Crippen LogP contribution is -2.41. The fraction of sp³-hybridized carbons (Fsp3) is 0.440. The van der Waals surface area contributed by atoms with E-state index in [2.05, 4.69) is 26.6 Å². The van der Waals surface area contributed by atoms with Crippen LogP contribution in [0.5, 0.6) is 5.75 Å². The lowest BCUT2D eigenvalue weighted by atomic mass is 9.87. The molecule has 7 heteroatoms. The molecular formula is C25H31BrFN3O2. The number of nitrogens with one attached hydrogen (secondary N) is 3. The quantitative estimate of drug-likeness (QED) is 0.323. The summed E-state index contributed by atoms with van der Waals surface area (Å²) in [5.41, 5.74) is 1.51. The molecule has 2 aromatic carbocycles. The Labute approximate surface area is 197 Å². The Morgan fingerprint density at radius 1 is 1.19 bits per heavy atom. The minimum Gasteiger partial charge on any atom is -0.496 e. The van der Waals surface area contributed by atoms with E-state index in [-0.39, 0.29) is 11.5 Å². The van der Waals surface area contributed by atoms with Crippen molar-refractivity contribution in [3.05, 3.63) is 63.4 Å². The van der Waals surface area contributed by atoms with E-state index in [1.807, 2.05) is 18.2 Å². The minimum absolute atomic E-state index is 0.0466. The van der Waals surface area contributed by atoms with E-state index in [4.69, 9.17) is 10.1 Å². The topological polar surface area (TPSA) is 74.2 Å². The van der Waals surface area contributed by atoms with Crippen LogP contribution in [0, 0.1) is 17.1 Å². The van der Waals surface area contributed by atoms with Gasteiger partial charge in [-0.25, -0.2) is 4.39 Å². The highest BCUT2D eigenvalue weighted by molar-refractivity contribution is 9.10. The zero-order valence-corrected chi connectivity index (χ0v) is 20.1. The second kappa shape index (κ2) is 12.0. The molecule has 5 nitrogen and oxygen atoms in total. The largest absolute Gasteiger partial charge is 0.496 e. The van der Waals surface area contributed by atoms with E-state index in [1.54, 1.807) is 13.2 Å². The maximum Gasteiger partial charge on any atom is 0.258 e. The zero-order chi connectivity index (χ0) is 22.9. The highest BCUT2D eigenvalue weighted by atomic mass is 79.9. The lowest BCUT2D eigenvalue weighted by molar-refractivity contribution is 0.0974. The van der Waals surface area contributed by atoms with Crippen molar-refractivity contribution in [2.45, 2.75) is 51.4 Å². The number of rotatable bonds is 8. The summed E-state index contributed by atoms with van der Waals surface area (Å²) in [5.74, 6) is 0.470. The second-order valence-corrected chi connectivity index (χ2v) is 9.19. The van der Waals surface area contributed by atoms with Crippen molar-refractivity contribution in [2.75, 3.05) is 13.7 Å². The van der Waals surface area contributed by atoms with E-state index in [0.717, 1.165) is 22.2 Å². The molecule has 1 aliphatic rings. The first-order chi connectivity index (χ1) is 15.5. The van der Waals surface area contributed by atoms with Gasteiger partial charge in [-0.15, -0.1) is 0 Å². The summed E-state index contributed by atoms with van der Waals surface area (Å²) in [4.78, 5) is 12.8. The first-order valence-electron chi connectivity index (χ1n) is 11.2. The first-order valence-corrected chi connectivity index (χ1v) is 12.0. The first kappa shape index (κ1) is 24.2. The Morgan fingerprint density at radius 3 is 2.72 bits per heavy atom. The molecule has 1 fully saturated rings. The smallest absolute Gasteiger partial charge is 0.258 e. The van der Waals surface area contributed by atoms with Crippen LogP contribution in [-0.4, -0.2) is 25.5 Å². The van der Waals surface area contributed by atoms with Gasteiger partial charge < -0.3 is 10.1 Å². The molecule has 3 N–H and O–H groups in total. The van der Waals surface area contributed by atoms with Gasteiger partial charge >= 0.3 is 0 Å². The van der Waals surface area contributed by atoms with E-state index in [0.29, 0.717) is 30.9 Å². The number of hydrogen-bond donors (Lipinski definition) is 3. The Kier molecular flexibility index (Phi) is 9.09. The number of benzene rings is 2. The number of guanidine groups is 1. The van der Waals surface area contributed by atoms with E-state index in [1.165, 1.54) is 44.2 Å². The molecule has 0 saturated heterocycles. The van der Waals surface area contributed by atoms with Gasteiger partial charge in [-0.2, -0.15) is 0 Å². The van der Waals surface area contributed by atoms with Crippen LogP contribution in [0.25, 0.3) is 0 Å². The number of amides is 1. The molecule has 0 unspecified atom stereocenters. The second-order valence-electron chi connectivity index (χ2n) is 8.27. The number of carbonyl (C=O) groups is 1. The third-order valence-electron chi connectivity index (χ3n) is 6.07. The van der Waals surface area contributed by atoms with Crippen molar-refractivity contribution in [2.24, 2.45) is 5.92 Å². The maximum atomic E-state index is 14.6. The summed E-state index contributed by atoms with van der Waals surface area (Å²) < 4.78 is 20.9. The molecule has 0 spiro atoms. The van der Waals surface area contributed by atoms with Crippen LogP contribution in [-0.2, 0) is 12.8 Å². The van der Waals surface area contributed by atoms with Gasteiger partial charge in [0.05, 0.1) is 7.11 Å². The molecule has 2 aromatic rings. The van der Waals surface area contributed by atoms with Crippen molar-refractivity contribution in [3.8, 4) is 5.75 Å². The standard InChI is InChI=1S/C25H31BrFN3O2/c1-32-23-13-11-19(26)16-18(23)10-12-20-21(8-5-9-22(20)27)24(31)30-25(28)29-15-14-17-6-3-2-4-7-17/h5,8-9,11,13,16-17H,2-4,6-7,10,12,14-15H2,1H3,(H3,28,29,30,31). The van der Waals surface area contributed by atoms with Crippen LogP contribution in [0.1, 0.15) is 60.0 Å². The molecule has 172 valence electrons. The Bertz CT molecular complexity index is 945. The summed E-state index contributed by atoms with van der Waals surface area (Å²) in [6.07, 6.45) is 8.23. The van der Waals surface area contributed by atoms with Crippen molar-refractivity contribution in [3.63, 3.8) is 0 Å². The fourth-order valence-corrected chi connectivity index (χ4v) is 4.74. The summed E-state index contributed by atoms with van der Waals surface area (Å²) in [5, 5.41) is 13.6. The molecule has 1 saturated carbocycles. The molecule has 0 atom stereocenters. The summed E-state index contributed by atoms with van der Waals surface area (Å²) in [6.45, 7) is 0.655. The van der Waals surface area contributed by atoms with Gasteiger partial charge in [0.2, 0.25) is 0 Å². The Hall–Kier alpha value is -2.41. The molecular weight excluding hydrogens is 473 g/mol. The average Bonchev–Trinajstić information content (AvgIpc) is 2.79. The third kappa shape index (κ3) is 6.79. The van der Waals surface area contributed by atoms with Crippen LogP contribution in [0.4, 0.5) is 4.39 Å². The number of methoxy groups -OCH3 is 1. The number of hydrogen-bond acceptors (Lipinski definition) is 3. The molecule has 3 rings (SSSR count). The van der Waals surface area contributed by atoms with Crippen LogP contribution < -0.4 is 15.4 Å². The fourth-order valence-electron chi connectivity index (χ4n) is 4.33. The average molecular weight is 504 g/mol. The van der Waals surface area contributed by atoms with Gasteiger partial charge in [-0.05, 0) is 61.1 Å². The maximum absolute atomic E-state index is 14.6. The van der Waals surface area contributed by atoms with E-state index < -0.39 is 11.7 Å². The number of carbonyl (C=O) groups excluding carboxylic acids is 1. The van der Waals surface area contributed by atoms with Crippen LogP contribution in [0.3, 0.4) is 0 Å². The monoisotopic (exact) mass is 503 g/mol. The molecule has 0 radical (unpaired) electrons. The Morgan fingerprint density at radius 2 is 1.97 bits per heavy atom. The van der Waals surface area contributed by atoms with Crippen molar-refractivity contribution in [1.82, 2.24) is 10.6 Å². The molecule has 0 heterocycles. The van der Waals surface area contributed by atoms with Gasteiger partial charge in [-0.1, -0.05) is 54.1 Å².